The quantitative estimate of drug-likeness (QED) is 0.835. The van der Waals surface area contributed by atoms with Crippen LogP contribution >= 0.6 is 11.3 Å². The predicted molar refractivity (Wildman–Crippen MR) is 79.1 cm³/mol. The fourth-order valence-electron chi connectivity index (χ4n) is 2.42. The molecule has 1 fully saturated rings. The Morgan fingerprint density at radius 3 is 2.79 bits per heavy atom. The number of hydrogen-bond donors (Lipinski definition) is 2. The third-order valence-corrected chi connectivity index (χ3v) is 4.82. The number of nitrogens with one attached hydrogen (secondary N) is 1. The van der Waals surface area contributed by atoms with E-state index in [4.69, 9.17) is 5.73 Å². The molecule has 5 heteroatoms. The van der Waals surface area contributed by atoms with E-state index in [1.54, 1.807) is 11.3 Å². The van der Waals surface area contributed by atoms with E-state index in [1.165, 1.54) is 4.88 Å². The summed E-state index contributed by atoms with van der Waals surface area (Å²) < 4.78 is 0. The summed E-state index contributed by atoms with van der Waals surface area (Å²) in [6, 6.07) is 4.39. The van der Waals surface area contributed by atoms with E-state index >= 15 is 0 Å². The van der Waals surface area contributed by atoms with Crippen LogP contribution in [0.15, 0.2) is 17.5 Å². The van der Waals surface area contributed by atoms with Crippen molar-refractivity contribution in [3.05, 3.63) is 22.4 Å². The van der Waals surface area contributed by atoms with E-state index in [1.807, 2.05) is 20.2 Å². The number of thiophene rings is 1. The van der Waals surface area contributed by atoms with Crippen LogP contribution in [0.2, 0.25) is 0 Å². The molecule has 0 saturated heterocycles. The lowest BCUT2D eigenvalue weighted by Gasteiger charge is -2.37. The molecule has 0 aliphatic heterocycles. The van der Waals surface area contributed by atoms with Gasteiger partial charge in [-0.1, -0.05) is 6.07 Å². The van der Waals surface area contributed by atoms with Gasteiger partial charge in [-0.2, -0.15) is 0 Å². The van der Waals surface area contributed by atoms with Gasteiger partial charge in [-0.25, -0.2) is 0 Å². The van der Waals surface area contributed by atoms with Crippen LogP contribution in [0, 0.1) is 0 Å². The minimum Gasteiger partial charge on any atom is -0.354 e. The molecule has 3 N–H and O–H groups in total. The number of nitrogens with two attached hydrogens (primary N) is 1. The van der Waals surface area contributed by atoms with Crippen LogP contribution in [-0.2, 0) is 4.79 Å². The molecule has 19 heavy (non-hydrogen) atoms. The number of carbonyl (C=O) groups excluding carboxylic acids is 1. The number of hydrogen-bond acceptors (Lipinski definition) is 4. The second kappa shape index (κ2) is 6.03. The summed E-state index contributed by atoms with van der Waals surface area (Å²) in [6.07, 6.45) is 3.56. The number of rotatable bonds is 6. The van der Waals surface area contributed by atoms with Gasteiger partial charge in [0.2, 0.25) is 5.91 Å². The SMILES string of the molecule is CN(C)C(CNC(=O)CC1(N)CCC1)c1cccs1. The predicted octanol–water partition coefficient (Wildman–Crippen LogP) is 1.74. The summed E-state index contributed by atoms with van der Waals surface area (Å²) in [5.41, 5.74) is 5.86. The monoisotopic (exact) mass is 281 g/mol. The van der Waals surface area contributed by atoms with Crippen molar-refractivity contribution in [3.8, 4) is 0 Å². The summed E-state index contributed by atoms with van der Waals surface area (Å²) >= 11 is 1.72. The Labute approximate surface area is 119 Å². The highest BCUT2D eigenvalue weighted by Crippen LogP contribution is 2.32. The Hall–Kier alpha value is -0.910. The normalized spacial score (nSPS) is 18.9. The van der Waals surface area contributed by atoms with Gasteiger partial charge in [0.05, 0.1) is 6.04 Å². The van der Waals surface area contributed by atoms with E-state index in [2.05, 4.69) is 21.7 Å². The van der Waals surface area contributed by atoms with Crippen LogP contribution in [0.25, 0.3) is 0 Å². The third kappa shape index (κ3) is 3.78. The van der Waals surface area contributed by atoms with Crippen LogP contribution < -0.4 is 11.1 Å². The first kappa shape index (κ1) is 14.5. The van der Waals surface area contributed by atoms with Gasteiger partial charge in [-0.05, 0) is 44.8 Å². The van der Waals surface area contributed by atoms with Gasteiger partial charge in [-0.15, -0.1) is 11.3 Å². The lowest BCUT2D eigenvalue weighted by molar-refractivity contribution is -0.123. The zero-order chi connectivity index (χ0) is 13.9. The maximum absolute atomic E-state index is 11.9. The van der Waals surface area contributed by atoms with E-state index in [9.17, 15) is 4.79 Å². The first-order valence-electron chi connectivity index (χ1n) is 6.76. The highest BCUT2D eigenvalue weighted by molar-refractivity contribution is 7.10. The lowest BCUT2D eigenvalue weighted by Crippen LogP contribution is -2.50. The molecule has 2 rings (SSSR count). The minimum absolute atomic E-state index is 0.0746. The molecule has 1 aliphatic rings. The van der Waals surface area contributed by atoms with Crippen molar-refractivity contribution in [1.29, 1.82) is 0 Å². The standard InChI is InChI=1S/C14H23N3OS/c1-17(2)11(12-5-3-8-19-12)10-16-13(18)9-14(15)6-4-7-14/h3,5,8,11H,4,6-7,9-10,15H2,1-2H3,(H,16,18). The van der Waals surface area contributed by atoms with Gasteiger partial charge in [0.25, 0.3) is 0 Å². The molecule has 0 aromatic carbocycles. The van der Waals surface area contributed by atoms with Gasteiger partial charge in [0.1, 0.15) is 0 Å². The van der Waals surface area contributed by atoms with Crippen molar-refractivity contribution < 1.29 is 4.79 Å². The molecule has 0 radical (unpaired) electrons. The number of nitrogens with zero attached hydrogens (tertiary/aromatic N) is 1. The van der Waals surface area contributed by atoms with Crippen molar-refractivity contribution in [2.24, 2.45) is 5.73 Å². The fraction of sp³-hybridized carbons (Fsp3) is 0.643. The average molecular weight is 281 g/mol. The zero-order valence-corrected chi connectivity index (χ0v) is 12.5. The van der Waals surface area contributed by atoms with Crippen molar-refractivity contribution in [1.82, 2.24) is 10.2 Å². The second-order valence-corrected chi connectivity index (χ2v) is 6.67. The van der Waals surface area contributed by atoms with Crippen LogP contribution in [0.1, 0.15) is 36.6 Å². The average Bonchev–Trinajstić information content (AvgIpc) is 2.80. The molecule has 1 unspecified atom stereocenters. The van der Waals surface area contributed by atoms with E-state index < -0.39 is 0 Å². The maximum Gasteiger partial charge on any atom is 0.221 e. The molecule has 1 aromatic rings. The number of carbonyl (C=O) groups is 1. The smallest absolute Gasteiger partial charge is 0.221 e. The highest BCUT2D eigenvalue weighted by Gasteiger charge is 2.34. The Morgan fingerprint density at radius 1 is 1.58 bits per heavy atom. The Kier molecular flexibility index (Phi) is 4.60. The molecule has 1 aliphatic carbocycles. The topological polar surface area (TPSA) is 58.4 Å². The third-order valence-electron chi connectivity index (χ3n) is 3.85. The molecular weight excluding hydrogens is 258 g/mol. The molecule has 106 valence electrons. The van der Waals surface area contributed by atoms with Crippen LogP contribution in [0.3, 0.4) is 0 Å². The molecule has 4 nitrogen and oxygen atoms in total. The van der Waals surface area contributed by atoms with Crippen LogP contribution in [-0.4, -0.2) is 37.0 Å². The number of amides is 1. The van der Waals surface area contributed by atoms with Crippen molar-refractivity contribution in [2.75, 3.05) is 20.6 Å². The summed E-state index contributed by atoms with van der Waals surface area (Å²) in [6.45, 7) is 0.641. The van der Waals surface area contributed by atoms with Crippen LogP contribution in [0.5, 0.6) is 0 Å². The molecule has 0 bridgehead atoms. The van der Waals surface area contributed by atoms with Crippen molar-refractivity contribution in [2.45, 2.75) is 37.3 Å². The molecule has 1 saturated carbocycles. The summed E-state index contributed by atoms with van der Waals surface area (Å²) in [4.78, 5) is 15.3. The Morgan fingerprint density at radius 2 is 2.32 bits per heavy atom. The number of likely N-dealkylation sites (N-methyl/N-ethyl adjacent to an activating group) is 1. The summed E-state index contributed by atoms with van der Waals surface area (Å²) in [7, 11) is 4.07. The Balaban J connectivity index is 1.83. The van der Waals surface area contributed by atoms with Gasteiger partial charge >= 0.3 is 0 Å². The van der Waals surface area contributed by atoms with Gasteiger partial charge in [0.15, 0.2) is 0 Å². The van der Waals surface area contributed by atoms with E-state index in [-0.39, 0.29) is 17.5 Å². The fourth-order valence-corrected chi connectivity index (χ4v) is 3.34. The molecule has 1 heterocycles. The summed E-state index contributed by atoms with van der Waals surface area (Å²) in [5.74, 6) is 0.0746. The highest BCUT2D eigenvalue weighted by atomic mass is 32.1. The van der Waals surface area contributed by atoms with Gasteiger partial charge in [0, 0.05) is 23.4 Å². The van der Waals surface area contributed by atoms with E-state index in [0.717, 1.165) is 19.3 Å². The molecule has 1 atom stereocenters. The molecule has 1 amide bonds. The van der Waals surface area contributed by atoms with Crippen molar-refractivity contribution in [3.63, 3.8) is 0 Å². The maximum atomic E-state index is 11.9. The minimum atomic E-state index is -0.235. The molecule has 0 spiro atoms. The first-order chi connectivity index (χ1) is 9.00. The van der Waals surface area contributed by atoms with Gasteiger partial charge < -0.3 is 16.0 Å². The Bertz CT molecular complexity index is 412. The molecule has 1 aromatic heterocycles. The van der Waals surface area contributed by atoms with Crippen molar-refractivity contribution >= 4 is 17.2 Å². The molecular formula is C14H23N3OS. The largest absolute Gasteiger partial charge is 0.354 e. The van der Waals surface area contributed by atoms with Gasteiger partial charge in [-0.3, -0.25) is 4.79 Å². The first-order valence-corrected chi connectivity index (χ1v) is 7.63. The zero-order valence-electron chi connectivity index (χ0n) is 11.7. The van der Waals surface area contributed by atoms with E-state index in [0.29, 0.717) is 13.0 Å². The summed E-state index contributed by atoms with van der Waals surface area (Å²) in [5, 5.41) is 5.09. The lowest BCUT2D eigenvalue weighted by atomic mass is 9.75. The van der Waals surface area contributed by atoms with Crippen LogP contribution in [0.4, 0.5) is 0 Å². The second-order valence-electron chi connectivity index (χ2n) is 5.69.